The molecule has 5 rings (SSSR count). The summed E-state index contributed by atoms with van der Waals surface area (Å²) >= 11 is 10.7. The lowest BCUT2D eigenvalue weighted by atomic mass is 9.44. The molecule has 1 aromatic carbocycles. The van der Waals surface area contributed by atoms with Crippen molar-refractivity contribution in [3.05, 3.63) is 27.8 Å². The number of fused-ring (bicyclic) bond motifs is 3. The van der Waals surface area contributed by atoms with E-state index in [0.717, 1.165) is 36.1 Å². The molecule has 1 unspecified atom stereocenters. The zero-order valence-corrected chi connectivity index (χ0v) is 19.5. The lowest BCUT2D eigenvalue weighted by Crippen LogP contribution is -2.69. The summed E-state index contributed by atoms with van der Waals surface area (Å²) in [7, 11) is 0. The van der Waals surface area contributed by atoms with E-state index in [9.17, 15) is 4.79 Å². The quantitative estimate of drug-likeness (QED) is 0.484. The smallest absolute Gasteiger partial charge is 0.252 e. The summed E-state index contributed by atoms with van der Waals surface area (Å²) in [6.45, 7) is 10.2. The van der Waals surface area contributed by atoms with Gasteiger partial charge in [0.2, 0.25) is 0 Å². The molecule has 0 bridgehead atoms. The highest BCUT2D eigenvalue weighted by atomic mass is 79.9. The van der Waals surface area contributed by atoms with E-state index in [0.29, 0.717) is 33.8 Å². The molecule has 2 fully saturated rings. The van der Waals surface area contributed by atoms with Crippen LogP contribution >= 0.6 is 27.5 Å². The van der Waals surface area contributed by atoms with E-state index in [1.54, 1.807) is 0 Å². The first-order valence-electron chi connectivity index (χ1n) is 10.6. The van der Waals surface area contributed by atoms with Crippen molar-refractivity contribution in [1.29, 1.82) is 0 Å². The molecule has 1 amide bonds. The van der Waals surface area contributed by atoms with Crippen LogP contribution in [-0.2, 0) is 13.0 Å². The van der Waals surface area contributed by atoms with Gasteiger partial charge in [-0.1, -0.05) is 55.2 Å². The van der Waals surface area contributed by atoms with E-state index in [1.165, 1.54) is 12.8 Å². The van der Waals surface area contributed by atoms with Gasteiger partial charge in [0, 0.05) is 44.4 Å². The van der Waals surface area contributed by atoms with Crippen LogP contribution in [0.4, 0.5) is 0 Å². The number of hydrogen-bond donors (Lipinski definition) is 1. The normalized spacial score (nSPS) is 40.5. The van der Waals surface area contributed by atoms with Crippen molar-refractivity contribution in [3.63, 3.8) is 0 Å². The molecule has 1 spiro atoms. The first kappa shape index (κ1) is 19.2. The third-order valence-electron chi connectivity index (χ3n) is 8.91. The first-order chi connectivity index (χ1) is 13.1. The summed E-state index contributed by atoms with van der Waals surface area (Å²) in [5.41, 5.74) is 2.81. The van der Waals surface area contributed by atoms with Crippen molar-refractivity contribution >= 4 is 33.4 Å². The van der Waals surface area contributed by atoms with Crippen molar-refractivity contribution in [3.8, 4) is 5.75 Å². The first-order valence-corrected chi connectivity index (χ1v) is 11.9. The molecular formula is C23H29BrClNO2. The fraction of sp³-hybridized carbons (Fsp3) is 0.696. The Morgan fingerprint density at radius 3 is 2.71 bits per heavy atom. The molecule has 28 heavy (non-hydrogen) atoms. The predicted molar refractivity (Wildman–Crippen MR) is 115 cm³/mol. The van der Waals surface area contributed by atoms with Gasteiger partial charge in [-0.2, -0.15) is 0 Å². The monoisotopic (exact) mass is 465 g/mol. The molecule has 2 saturated carbocycles. The van der Waals surface area contributed by atoms with Crippen LogP contribution in [0, 0.1) is 22.7 Å². The highest BCUT2D eigenvalue weighted by Gasteiger charge is 2.67. The largest absolute Gasteiger partial charge is 0.486 e. The van der Waals surface area contributed by atoms with Gasteiger partial charge in [0.25, 0.3) is 5.91 Å². The summed E-state index contributed by atoms with van der Waals surface area (Å²) in [6.07, 6.45) is 5.53. The number of amides is 1. The Bertz CT molecular complexity index is 884. The topological polar surface area (TPSA) is 38.3 Å². The number of rotatable bonds is 0. The molecule has 0 aromatic heterocycles. The summed E-state index contributed by atoms with van der Waals surface area (Å²) in [6, 6.07) is 1.85. The third-order valence-corrected chi connectivity index (χ3v) is 10.9. The summed E-state index contributed by atoms with van der Waals surface area (Å²) in [5, 5.41) is 3.65. The highest BCUT2D eigenvalue weighted by Crippen LogP contribution is 2.67. The molecule has 0 radical (unpaired) electrons. The van der Waals surface area contributed by atoms with Crippen LogP contribution in [0.15, 0.2) is 6.07 Å². The molecule has 2 aliphatic carbocycles. The minimum absolute atomic E-state index is 0.0350. The number of alkyl halides is 1. The van der Waals surface area contributed by atoms with Gasteiger partial charge in [-0.05, 0) is 49.5 Å². The maximum atomic E-state index is 12.3. The van der Waals surface area contributed by atoms with E-state index >= 15 is 0 Å². The Hall–Kier alpha value is -0.740. The van der Waals surface area contributed by atoms with Gasteiger partial charge in [0.1, 0.15) is 11.4 Å². The molecule has 152 valence electrons. The highest BCUT2D eigenvalue weighted by molar-refractivity contribution is 9.09. The van der Waals surface area contributed by atoms with Gasteiger partial charge < -0.3 is 10.1 Å². The van der Waals surface area contributed by atoms with Gasteiger partial charge in [0.15, 0.2) is 0 Å². The van der Waals surface area contributed by atoms with E-state index in [4.69, 9.17) is 16.3 Å². The second-order valence-corrected chi connectivity index (χ2v) is 11.8. The van der Waals surface area contributed by atoms with Crippen LogP contribution in [0.1, 0.15) is 74.9 Å². The van der Waals surface area contributed by atoms with E-state index in [1.807, 2.05) is 6.07 Å². The Balaban J connectivity index is 1.73. The number of halogens is 2. The maximum Gasteiger partial charge on any atom is 0.252 e. The van der Waals surface area contributed by atoms with Crippen LogP contribution in [0.3, 0.4) is 0 Å². The maximum absolute atomic E-state index is 12.3. The molecule has 3 nitrogen and oxygen atoms in total. The van der Waals surface area contributed by atoms with E-state index in [2.05, 4.69) is 48.9 Å². The van der Waals surface area contributed by atoms with Crippen molar-refractivity contribution in [1.82, 2.24) is 5.32 Å². The number of nitrogens with one attached hydrogen (secondary N) is 1. The average Bonchev–Trinajstić information content (AvgIpc) is 3.00. The van der Waals surface area contributed by atoms with E-state index < -0.39 is 0 Å². The molecule has 1 aromatic rings. The SMILES string of the molecule is C[C@H]1CC[C@H]2C(C)(C)C(Br)CC[C@]23Oc2c(c(Cl)cc4c2CNC4=O)C[C@]13C. The molecule has 1 N–H and O–H groups in total. The van der Waals surface area contributed by atoms with Crippen LogP contribution in [-0.4, -0.2) is 16.3 Å². The van der Waals surface area contributed by atoms with Gasteiger partial charge in [-0.25, -0.2) is 0 Å². The second kappa shape index (κ2) is 5.91. The molecule has 5 atom stereocenters. The molecule has 2 heterocycles. The number of hydrogen-bond acceptors (Lipinski definition) is 2. The van der Waals surface area contributed by atoms with Gasteiger partial charge >= 0.3 is 0 Å². The standard InChI is InChI=1S/C23H29BrClNO2/c1-12-5-6-17-21(2,3)18(24)7-8-23(17)22(12,4)10-14-16(25)9-13-15(19(14)28-23)11-26-20(13)27/h9,12,17-18H,5-8,10-11H2,1-4H3,(H,26,27)/t12-,17-,18?,22+,23-/m0/s1. The van der Waals surface area contributed by atoms with Crippen LogP contribution < -0.4 is 10.1 Å². The summed E-state index contributed by atoms with van der Waals surface area (Å²) < 4.78 is 7.16. The van der Waals surface area contributed by atoms with Crippen molar-refractivity contribution < 1.29 is 9.53 Å². The van der Waals surface area contributed by atoms with Gasteiger partial charge in [-0.3, -0.25) is 4.79 Å². The average molecular weight is 467 g/mol. The second-order valence-electron chi connectivity index (χ2n) is 10.3. The lowest BCUT2D eigenvalue weighted by molar-refractivity contribution is -0.208. The minimum atomic E-state index is -0.199. The number of ether oxygens (including phenoxy) is 1. The van der Waals surface area contributed by atoms with Gasteiger partial charge in [0.05, 0.1) is 0 Å². The Kier molecular flexibility index (Phi) is 4.06. The third kappa shape index (κ3) is 2.20. The number of carbonyl (C=O) groups is 1. The molecular weight excluding hydrogens is 438 g/mol. The number of benzene rings is 1. The predicted octanol–water partition coefficient (Wildman–Crippen LogP) is 5.89. The Morgan fingerprint density at radius 1 is 1.21 bits per heavy atom. The fourth-order valence-corrected chi connectivity index (χ4v) is 7.71. The fourth-order valence-electron chi connectivity index (χ4n) is 6.90. The van der Waals surface area contributed by atoms with E-state index in [-0.39, 0.29) is 22.3 Å². The minimum Gasteiger partial charge on any atom is -0.486 e. The molecule has 0 saturated heterocycles. The van der Waals surface area contributed by atoms with Crippen molar-refractivity contribution in [2.24, 2.45) is 22.7 Å². The van der Waals surface area contributed by atoms with Crippen LogP contribution in [0.5, 0.6) is 5.75 Å². The summed E-state index contributed by atoms with van der Waals surface area (Å²) in [5.74, 6) is 1.92. The number of carbonyl (C=O) groups excluding carboxylic acids is 1. The summed E-state index contributed by atoms with van der Waals surface area (Å²) in [4.78, 5) is 12.8. The molecule has 4 aliphatic rings. The van der Waals surface area contributed by atoms with Crippen LogP contribution in [0.2, 0.25) is 5.02 Å². The molecule has 5 heteroatoms. The lowest BCUT2D eigenvalue weighted by Gasteiger charge is -2.67. The molecule has 2 aliphatic heterocycles. The van der Waals surface area contributed by atoms with Gasteiger partial charge in [-0.15, -0.1) is 0 Å². The van der Waals surface area contributed by atoms with Crippen molar-refractivity contribution in [2.45, 2.75) is 76.8 Å². The Morgan fingerprint density at radius 2 is 1.96 bits per heavy atom. The zero-order valence-electron chi connectivity index (χ0n) is 17.1. The zero-order chi connectivity index (χ0) is 20.1. The van der Waals surface area contributed by atoms with Crippen LogP contribution in [0.25, 0.3) is 0 Å². The Labute approximate surface area is 181 Å². The van der Waals surface area contributed by atoms with Crippen molar-refractivity contribution in [2.75, 3.05) is 0 Å².